The number of aromatic hydroxyl groups is 1. The van der Waals surface area contributed by atoms with Gasteiger partial charge in [0.15, 0.2) is 5.82 Å². The van der Waals surface area contributed by atoms with Crippen LogP contribution in [0.2, 0.25) is 5.02 Å². The smallest absolute Gasteiger partial charge is 0.230 e. The number of thiazole rings is 1. The molecular weight excluding hydrogens is 398 g/mol. The predicted octanol–water partition coefficient (Wildman–Crippen LogP) is 2.97. The number of carbonyl (C=O) groups excluding carboxylic acids is 1. The molecule has 148 valence electrons. The number of aryl methyl sites for hydroxylation is 1. The van der Waals surface area contributed by atoms with Gasteiger partial charge in [0.1, 0.15) is 0 Å². The number of carbonyl (C=O) groups is 1. The van der Waals surface area contributed by atoms with Crippen LogP contribution in [0.4, 0.5) is 0 Å². The minimum atomic E-state index is -0.221. The lowest BCUT2D eigenvalue weighted by molar-refractivity contribution is -0.130. The standard InChI is InChI=1S/C19H22ClN5O2S/c1-3-15-21-19-25(22-15)18(27)17(28-19)16(13-6-4-5-7-14(13)20)24-10-8-23(9-11-24)12(2)26/h4-7,16,27H,3,8-11H2,1-2H3/t16-/m1/s1. The van der Waals surface area contributed by atoms with E-state index in [2.05, 4.69) is 15.0 Å². The van der Waals surface area contributed by atoms with Crippen LogP contribution >= 0.6 is 22.9 Å². The van der Waals surface area contributed by atoms with Gasteiger partial charge in [0.05, 0.1) is 10.9 Å². The van der Waals surface area contributed by atoms with Gasteiger partial charge in [-0.2, -0.15) is 4.52 Å². The van der Waals surface area contributed by atoms with Gasteiger partial charge in [0.2, 0.25) is 16.7 Å². The van der Waals surface area contributed by atoms with Gasteiger partial charge in [-0.3, -0.25) is 9.69 Å². The zero-order valence-electron chi connectivity index (χ0n) is 15.8. The summed E-state index contributed by atoms with van der Waals surface area (Å²) in [7, 11) is 0. The minimum Gasteiger partial charge on any atom is -0.492 e. The van der Waals surface area contributed by atoms with Gasteiger partial charge in [-0.1, -0.05) is 48.1 Å². The Kier molecular flexibility index (Phi) is 5.27. The molecule has 4 rings (SSSR count). The lowest BCUT2D eigenvalue weighted by atomic mass is 10.0. The highest BCUT2D eigenvalue weighted by molar-refractivity contribution is 7.17. The average Bonchev–Trinajstić information content (AvgIpc) is 3.23. The van der Waals surface area contributed by atoms with Gasteiger partial charge in [-0.15, -0.1) is 5.10 Å². The highest BCUT2D eigenvalue weighted by Crippen LogP contribution is 2.42. The summed E-state index contributed by atoms with van der Waals surface area (Å²) in [5, 5.41) is 16.0. The van der Waals surface area contributed by atoms with Crippen molar-refractivity contribution in [3.63, 3.8) is 0 Å². The van der Waals surface area contributed by atoms with Gasteiger partial charge in [-0.05, 0) is 11.6 Å². The second-order valence-corrected chi connectivity index (χ2v) is 8.25. The van der Waals surface area contributed by atoms with E-state index < -0.39 is 0 Å². The molecule has 1 amide bonds. The van der Waals surface area contributed by atoms with Crippen molar-refractivity contribution in [1.29, 1.82) is 0 Å². The van der Waals surface area contributed by atoms with Crippen LogP contribution in [0.15, 0.2) is 24.3 Å². The maximum absolute atomic E-state index is 11.7. The first kappa shape index (κ1) is 19.2. The van der Waals surface area contributed by atoms with E-state index >= 15 is 0 Å². The summed E-state index contributed by atoms with van der Waals surface area (Å²) in [6, 6.07) is 7.47. The molecule has 3 heterocycles. The van der Waals surface area contributed by atoms with Crippen LogP contribution in [-0.4, -0.2) is 61.6 Å². The zero-order chi connectivity index (χ0) is 19.8. The monoisotopic (exact) mass is 419 g/mol. The molecule has 1 aliphatic heterocycles. The van der Waals surface area contributed by atoms with E-state index in [4.69, 9.17) is 11.6 Å². The molecular formula is C19H22ClN5O2S. The summed E-state index contributed by atoms with van der Waals surface area (Å²) in [6.07, 6.45) is 0.712. The van der Waals surface area contributed by atoms with Gasteiger partial charge in [0, 0.05) is 44.5 Å². The highest BCUT2D eigenvalue weighted by Gasteiger charge is 2.33. The van der Waals surface area contributed by atoms with Gasteiger partial charge < -0.3 is 10.0 Å². The number of aromatic nitrogens is 3. The molecule has 0 saturated carbocycles. The van der Waals surface area contributed by atoms with Crippen molar-refractivity contribution in [3.8, 4) is 5.88 Å². The number of halogens is 1. The molecule has 9 heteroatoms. The molecule has 0 unspecified atom stereocenters. The Hall–Kier alpha value is -2.16. The van der Waals surface area contributed by atoms with E-state index in [0.29, 0.717) is 48.4 Å². The summed E-state index contributed by atoms with van der Waals surface area (Å²) in [6.45, 7) is 6.28. The van der Waals surface area contributed by atoms with Crippen molar-refractivity contribution in [2.24, 2.45) is 0 Å². The Labute approximate surface area is 172 Å². The second kappa shape index (κ2) is 7.69. The molecule has 3 aromatic rings. The van der Waals surface area contributed by atoms with Gasteiger partial charge in [0.25, 0.3) is 0 Å². The van der Waals surface area contributed by atoms with E-state index in [0.717, 1.165) is 10.4 Å². The van der Waals surface area contributed by atoms with Crippen LogP contribution in [0.5, 0.6) is 5.88 Å². The van der Waals surface area contributed by atoms with Crippen molar-refractivity contribution in [2.75, 3.05) is 26.2 Å². The Morgan fingerprint density at radius 3 is 2.61 bits per heavy atom. The summed E-state index contributed by atoms with van der Waals surface area (Å²) >= 11 is 7.96. The van der Waals surface area contributed by atoms with Crippen LogP contribution in [0.3, 0.4) is 0 Å². The lowest BCUT2D eigenvalue weighted by Gasteiger charge is -2.39. The number of rotatable bonds is 4. The van der Waals surface area contributed by atoms with E-state index in [-0.39, 0.29) is 17.8 Å². The van der Waals surface area contributed by atoms with Crippen molar-refractivity contribution < 1.29 is 9.90 Å². The van der Waals surface area contributed by atoms with Gasteiger partial charge in [-0.25, -0.2) is 4.98 Å². The number of piperazine rings is 1. The van der Waals surface area contributed by atoms with Crippen molar-refractivity contribution >= 4 is 33.8 Å². The molecule has 0 bridgehead atoms. The van der Waals surface area contributed by atoms with Crippen LogP contribution in [0.25, 0.3) is 4.96 Å². The Morgan fingerprint density at radius 2 is 2.00 bits per heavy atom. The Morgan fingerprint density at radius 1 is 1.29 bits per heavy atom. The zero-order valence-corrected chi connectivity index (χ0v) is 17.4. The SMILES string of the molecule is CCc1nc2sc([C@@H](c3ccccc3Cl)N3CCN(C(C)=O)CC3)c(O)n2n1. The number of amides is 1. The second-order valence-electron chi connectivity index (χ2n) is 6.83. The predicted molar refractivity (Wildman–Crippen MR) is 109 cm³/mol. The third-order valence-electron chi connectivity index (χ3n) is 5.13. The molecule has 1 atom stereocenters. The molecule has 2 aromatic heterocycles. The molecule has 7 nitrogen and oxygen atoms in total. The number of hydrogen-bond acceptors (Lipinski definition) is 6. The summed E-state index contributed by atoms with van der Waals surface area (Å²) in [5.74, 6) is 0.895. The first-order chi connectivity index (χ1) is 13.5. The topological polar surface area (TPSA) is 74.0 Å². The molecule has 1 N–H and O–H groups in total. The van der Waals surface area contributed by atoms with E-state index in [1.54, 1.807) is 6.92 Å². The first-order valence-electron chi connectivity index (χ1n) is 9.31. The lowest BCUT2D eigenvalue weighted by Crippen LogP contribution is -2.49. The molecule has 0 spiro atoms. The fourth-order valence-corrected chi connectivity index (χ4v) is 4.98. The Bertz CT molecular complexity index is 1010. The minimum absolute atomic E-state index is 0.0858. The molecule has 0 aliphatic carbocycles. The summed E-state index contributed by atoms with van der Waals surface area (Å²) in [4.78, 5) is 21.7. The van der Waals surface area contributed by atoms with Crippen LogP contribution < -0.4 is 0 Å². The average molecular weight is 420 g/mol. The Balaban J connectivity index is 1.76. The largest absolute Gasteiger partial charge is 0.492 e. The molecule has 1 saturated heterocycles. The van der Waals surface area contributed by atoms with Crippen molar-refractivity contribution in [3.05, 3.63) is 45.6 Å². The fourth-order valence-electron chi connectivity index (χ4n) is 3.61. The quantitative estimate of drug-likeness (QED) is 0.703. The van der Waals surface area contributed by atoms with Crippen LogP contribution in [0, 0.1) is 0 Å². The normalized spacial score (nSPS) is 16.6. The van der Waals surface area contributed by atoms with Crippen LogP contribution in [0.1, 0.15) is 36.2 Å². The third-order valence-corrected chi connectivity index (χ3v) is 6.55. The summed E-state index contributed by atoms with van der Waals surface area (Å²) < 4.78 is 1.51. The molecule has 1 aromatic carbocycles. The fraction of sp³-hybridized carbons (Fsp3) is 0.421. The highest BCUT2D eigenvalue weighted by atomic mass is 35.5. The number of fused-ring (bicyclic) bond motifs is 1. The molecule has 28 heavy (non-hydrogen) atoms. The maximum atomic E-state index is 11.7. The van der Waals surface area contributed by atoms with Crippen molar-refractivity contribution in [1.82, 2.24) is 24.4 Å². The van der Waals surface area contributed by atoms with E-state index in [9.17, 15) is 9.90 Å². The first-order valence-corrected chi connectivity index (χ1v) is 10.5. The summed E-state index contributed by atoms with van der Waals surface area (Å²) in [5.41, 5.74) is 0.927. The maximum Gasteiger partial charge on any atom is 0.230 e. The van der Waals surface area contributed by atoms with Gasteiger partial charge >= 0.3 is 0 Å². The van der Waals surface area contributed by atoms with Crippen molar-refractivity contribution in [2.45, 2.75) is 26.3 Å². The number of hydrogen-bond donors (Lipinski definition) is 1. The molecule has 1 aliphatic rings. The third kappa shape index (κ3) is 3.36. The number of benzene rings is 1. The van der Waals surface area contributed by atoms with Crippen LogP contribution in [-0.2, 0) is 11.2 Å². The molecule has 0 radical (unpaired) electrons. The van der Waals surface area contributed by atoms with E-state index in [1.807, 2.05) is 36.1 Å². The van der Waals surface area contributed by atoms with E-state index in [1.165, 1.54) is 15.9 Å². The molecule has 1 fully saturated rings. The number of nitrogens with zero attached hydrogens (tertiary/aromatic N) is 5.